The number of pyridine rings is 1. The molecule has 1 aromatic heterocycles. The van der Waals surface area contributed by atoms with Crippen LogP contribution in [0.15, 0.2) is 85.5 Å². The van der Waals surface area contributed by atoms with Gasteiger partial charge in [-0.05, 0) is 36.4 Å². The van der Waals surface area contributed by atoms with Gasteiger partial charge in [0, 0.05) is 6.54 Å². The summed E-state index contributed by atoms with van der Waals surface area (Å²) in [4.78, 5) is 28.8. The highest BCUT2D eigenvalue weighted by atomic mass is 16.5. The molecule has 140 valence electrons. The number of carbonyl (C=O) groups excluding carboxylic acids is 2. The number of carbonyl (C=O) groups is 2. The second-order valence-corrected chi connectivity index (χ2v) is 5.77. The zero-order valence-corrected chi connectivity index (χ0v) is 15.1. The zero-order valence-electron chi connectivity index (χ0n) is 15.1. The fourth-order valence-electron chi connectivity index (χ4n) is 2.40. The predicted molar refractivity (Wildman–Crippen MR) is 108 cm³/mol. The van der Waals surface area contributed by atoms with E-state index in [0.717, 1.165) is 0 Å². The molecule has 1 heterocycles. The van der Waals surface area contributed by atoms with Crippen molar-refractivity contribution in [2.75, 3.05) is 11.9 Å². The highest BCUT2D eigenvalue weighted by molar-refractivity contribution is 6.04. The Hall–Kier alpha value is -3.93. The summed E-state index contributed by atoms with van der Waals surface area (Å²) in [5.41, 5.74) is 0.781. The number of anilines is 1. The van der Waals surface area contributed by atoms with Crippen LogP contribution in [0.1, 0.15) is 21.0 Å². The Bertz CT molecular complexity index is 987. The normalized spacial score (nSPS) is 10.0. The first kappa shape index (κ1) is 18.8. The molecule has 2 amide bonds. The van der Waals surface area contributed by atoms with Crippen molar-refractivity contribution < 1.29 is 14.3 Å². The van der Waals surface area contributed by atoms with Crippen LogP contribution in [0.2, 0.25) is 0 Å². The van der Waals surface area contributed by atoms with Crippen molar-refractivity contribution in [3.63, 3.8) is 0 Å². The van der Waals surface area contributed by atoms with E-state index in [-0.39, 0.29) is 17.3 Å². The molecule has 6 nitrogen and oxygen atoms in total. The standard InChI is InChI=1S/C22H19N3O3/c1-2-15-23-21(26)18-12-8-13-19(24-18)22(27)25-17-11-6-7-14-20(17)28-16-9-4-3-5-10-16/h2-14H,1,15H2,(H,23,26)(H,25,27). The lowest BCUT2D eigenvalue weighted by atomic mass is 10.2. The maximum atomic E-state index is 12.6. The van der Waals surface area contributed by atoms with E-state index in [4.69, 9.17) is 4.74 Å². The van der Waals surface area contributed by atoms with E-state index in [1.54, 1.807) is 42.5 Å². The number of hydrogen-bond acceptors (Lipinski definition) is 4. The average molecular weight is 373 g/mol. The van der Waals surface area contributed by atoms with Crippen molar-refractivity contribution in [2.24, 2.45) is 0 Å². The average Bonchev–Trinajstić information content (AvgIpc) is 2.74. The van der Waals surface area contributed by atoms with Crippen LogP contribution in [-0.4, -0.2) is 23.3 Å². The largest absolute Gasteiger partial charge is 0.455 e. The number of ether oxygens (including phenoxy) is 1. The van der Waals surface area contributed by atoms with Gasteiger partial charge in [0.2, 0.25) is 0 Å². The van der Waals surface area contributed by atoms with E-state index in [1.165, 1.54) is 0 Å². The Labute approximate surface area is 162 Å². The summed E-state index contributed by atoms with van der Waals surface area (Å²) in [6.45, 7) is 3.87. The molecule has 0 aliphatic rings. The maximum absolute atomic E-state index is 12.6. The molecule has 0 bridgehead atoms. The third-order valence-corrected chi connectivity index (χ3v) is 3.73. The maximum Gasteiger partial charge on any atom is 0.274 e. The molecule has 2 aromatic carbocycles. The lowest BCUT2D eigenvalue weighted by Gasteiger charge is -2.12. The smallest absolute Gasteiger partial charge is 0.274 e. The summed E-state index contributed by atoms with van der Waals surface area (Å²) in [5, 5.41) is 5.41. The van der Waals surface area contributed by atoms with Gasteiger partial charge in [0.25, 0.3) is 11.8 Å². The second kappa shape index (κ2) is 9.14. The molecule has 0 aliphatic carbocycles. The number of nitrogens with zero attached hydrogens (tertiary/aromatic N) is 1. The first-order valence-electron chi connectivity index (χ1n) is 8.67. The summed E-state index contributed by atoms with van der Waals surface area (Å²) in [6, 6.07) is 21.1. The van der Waals surface area contributed by atoms with Gasteiger partial charge in [-0.15, -0.1) is 6.58 Å². The fraction of sp³-hybridized carbons (Fsp3) is 0.0455. The third-order valence-electron chi connectivity index (χ3n) is 3.73. The Balaban J connectivity index is 1.77. The predicted octanol–water partition coefficient (Wildman–Crippen LogP) is 4.04. The molecule has 0 fully saturated rings. The lowest BCUT2D eigenvalue weighted by Crippen LogP contribution is -2.25. The summed E-state index contributed by atoms with van der Waals surface area (Å²) in [6.07, 6.45) is 1.57. The quantitative estimate of drug-likeness (QED) is 0.613. The van der Waals surface area contributed by atoms with Crippen molar-refractivity contribution in [2.45, 2.75) is 0 Å². The van der Waals surface area contributed by atoms with E-state index < -0.39 is 5.91 Å². The number of nitrogens with one attached hydrogen (secondary N) is 2. The number of aromatic nitrogens is 1. The first-order valence-corrected chi connectivity index (χ1v) is 8.67. The van der Waals surface area contributed by atoms with Crippen LogP contribution in [0.3, 0.4) is 0 Å². The van der Waals surface area contributed by atoms with Crippen LogP contribution in [0.5, 0.6) is 11.5 Å². The number of benzene rings is 2. The highest BCUT2D eigenvalue weighted by Gasteiger charge is 2.14. The summed E-state index contributed by atoms with van der Waals surface area (Å²) in [5.74, 6) is 0.343. The topological polar surface area (TPSA) is 80.3 Å². The molecule has 3 aromatic rings. The van der Waals surface area contributed by atoms with Gasteiger partial charge >= 0.3 is 0 Å². The van der Waals surface area contributed by atoms with Gasteiger partial charge in [-0.25, -0.2) is 4.98 Å². The van der Waals surface area contributed by atoms with E-state index in [0.29, 0.717) is 23.7 Å². The molecule has 0 saturated carbocycles. The van der Waals surface area contributed by atoms with Gasteiger partial charge in [-0.1, -0.05) is 42.5 Å². The molecule has 0 radical (unpaired) electrons. The molecule has 0 aliphatic heterocycles. The molecule has 3 rings (SSSR count). The second-order valence-electron chi connectivity index (χ2n) is 5.77. The van der Waals surface area contributed by atoms with Crippen molar-refractivity contribution >= 4 is 17.5 Å². The lowest BCUT2D eigenvalue weighted by molar-refractivity contribution is 0.0953. The Morgan fingerprint density at radius 3 is 2.32 bits per heavy atom. The minimum atomic E-state index is -0.442. The molecule has 6 heteroatoms. The van der Waals surface area contributed by atoms with Crippen molar-refractivity contribution in [3.05, 3.63) is 96.8 Å². The van der Waals surface area contributed by atoms with Crippen LogP contribution in [0, 0.1) is 0 Å². The van der Waals surface area contributed by atoms with Gasteiger partial charge in [0.1, 0.15) is 17.1 Å². The minimum absolute atomic E-state index is 0.126. The van der Waals surface area contributed by atoms with E-state index in [9.17, 15) is 9.59 Å². The molecule has 2 N–H and O–H groups in total. The molecular weight excluding hydrogens is 354 g/mol. The molecule has 0 atom stereocenters. The van der Waals surface area contributed by atoms with E-state index in [1.807, 2.05) is 36.4 Å². The summed E-state index contributed by atoms with van der Waals surface area (Å²) >= 11 is 0. The van der Waals surface area contributed by atoms with Gasteiger partial charge in [0.05, 0.1) is 5.69 Å². The van der Waals surface area contributed by atoms with E-state index >= 15 is 0 Å². The SMILES string of the molecule is C=CCNC(=O)c1cccc(C(=O)Nc2ccccc2Oc2ccccc2)n1. The Morgan fingerprint density at radius 2 is 1.57 bits per heavy atom. The Morgan fingerprint density at radius 1 is 0.893 bits per heavy atom. The van der Waals surface area contributed by atoms with Crippen molar-refractivity contribution in [1.29, 1.82) is 0 Å². The highest BCUT2D eigenvalue weighted by Crippen LogP contribution is 2.29. The van der Waals surface area contributed by atoms with Crippen LogP contribution in [-0.2, 0) is 0 Å². The van der Waals surface area contributed by atoms with Gasteiger partial charge in [-0.3, -0.25) is 9.59 Å². The van der Waals surface area contributed by atoms with Gasteiger partial charge < -0.3 is 15.4 Å². The minimum Gasteiger partial charge on any atom is -0.455 e. The number of amides is 2. The van der Waals surface area contributed by atoms with Crippen LogP contribution in [0.4, 0.5) is 5.69 Å². The summed E-state index contributed by atoms with van der Waals surface area (Å²) < 4.78 is 5.84. The van der Waals surface area contributed by atoms with Gasteiger partial charge in [-0.2, -0.15) is 0 Å². The third kappa shape index (κ3) is 4.82. The molecular formula is C22H19N3O3. The van der Waals surface area contributed by atoms with Crippen LogP contribution >= 0.6 is 0 Å². The van der Waals surface area contributed by atoms with E-state index in [2.05, 4.69) is 22.2 Å². The van der Waals surface area contributed by atoms with Crippen LogP contribution < -0.4 is 15.4 Å². The Kier molecular flexibility index (Phi) is 6.15. The molecule has 28 heavy (non-hydrogen) atoms. The van der Waals surface area contributed by atoms with Gasteiger partial charge in [0.15, 0.2) is 5.75 Å². The molecule has 0 unspecified atom stereocenters. The summed E-state index contributed by atoms with van der Waals surface area (Å²) in [7, 11) is 0. The molecule has 0 spiro atoms. The van der Waals surface area contributed by atoms with Crippen LogP contribution in [0.25, 0.3) is 0 Å². The monoisotopic (exact) mass is 373 g/mol. The number of rotatable bonds is 7. The number of para-hydroxylation sites is 3. The zero-order chi connectivity index (χ0) is 19.8. The first-order chi connectivity index (χ1) is 13.7. The fourth-order valence-corrected chi connectivity index (χ4v) is 2.40. The van der Waals surface area contributed by atoms with Crippen molar-refractivity contribution in [1.82, 2.24) is 10.3 Å². The number of hydrogen-bond donors (Lipinski definition) is 2. The molecule has 0 saturated heterocycles. The van der Waals surface area contributed by atoms with Crippen molar-refractivity contribution in [3.8, 4) is 11.5 Å².